The van der Waals surface area contributed by atoms with Gasteiger partial charge in [-0.25, -0.2) is 0 Å². The molecule has 0 bridgehead atoms. The predicted molar refractivity (Wildman–Crippen MR) is 66.9 cm³/mol. The van der Waals surface area contributed by atoms with E-state index in [1.54, 1.807) is 6.07 Å². The average Bonchev–Trinajstić information content (AvgIpc) is 3.04. The molecule has 1 fully saturated rings. The molecule has 0 atom stereocenters. The van der Waals surface area contributed by atoms with Gasteiger partial charge in [-0.05, 0) is 30.5 Å². The van der Waals surface area contributed by atoms with Crippen LogP contribution in [0.1, 0.15) is 18.4 Å². The molecule has 16 heavy (non-hydrogen) atoms. The number of hydrogen-bond acceptors (Lipinski definition) is 2. The van der Waals surface area contributed by atoms with E-state index >= 15 is 0 Å². The molecule has 0 unspecified atom stereocenters. The lowest BCUT2D eigenvalue weighted by atomic mass is 10.1. The number of rotatable bonds is 5. The molecule has 0 amide bonds. The second-order valence-electron chi connectivity index (χ2n) is 4.51. The van der Waals surface area contributed by atoms with Crippen molar-refractivity contribution in [1.29, 1.82) is 0 Å². The normalized spacial score (nSPS) is 17.4. The van der Waals surface area contributed by atoms with Gasteiger partial charge in [-0.3, -0.25) is 0 Å². The average molecular weight is 260 g/mol. The van der Waals surface area contributed by atoms with Crippen LogP contribution in [-0.4, -0.2) is 18.3 Å². The minimum atomic E-state index is 0.149. The first-order valence-corrected chi connectivity index (χ1v) is 6.16. The van der Waals surface area contributed by atoms with Gasteiger partial charge in [0.2, 0.25) is 0 Å². The van der Waals surface area contributed by atoms with Gasteiger partial charge in [-0.1, -0.05) is 29.3 Å². The molecule has 2 N–H and O–H groups in total. The minimum Gasteiger partial charge on any atom is -0.396 e. The molecule has 0 radical (unpaired) electrons. The standard InChI is InChI=1S/C12H15Cl2NO/c13-10-2-1-9(5-11(10)14)6-15-7-12(8-16)3-4-12/h1-2,5,15-16H,3-4,6-8H2. The lowest BCUT2D eigenvalue weighted by molar-refractivity contribution is 0.207. The Morgan fingerprint density at radius 1 is 1.25 bits per heavy atom. The predicted octanol–water partition coefficient (Wildman–Crippen LogP) is 2.86. The second-order valence-corrected chi connectivity index (χ2v) is 5.32. The van der Waals surface area contributed by atoms with E-state index in [-0.39, 0.29) is 12.0 Å². The molecule has 1 aromatic carbocycles. The molecule has 88 valence electrons. The van der Waals surface area contributed by atoms with Gasteiger partial charge >= 0.3 is 0 Å². The number of hydrogen-bond donors (Lipinski definition) is 2. The summed E-state index contributed by atoms with van der Waals surface area (Å²) in [5, 5.41) is 13.7. The third-order valence-electron chi connectivity index (χ3n) is 3.11. The van der Waals surface area contributed by atoms with Crippen molar-refractivity contribution in [3.05, 3.63) is 33.8 Å². The zero-order chi connectivity index (χ0) is 11.6. The van der Waals surface area contributed by atoms with Crippen LogP contribution in [0.2, 0.25) is 10.0 Å². The van der Waals surface area contributed by atoms with E-state index in [0.717, 1.165) is 31.5 Å². The van der Waals surface area contributed by atoms with Crippen LogP contribution in [0.15, 0.2) is 18.2 Å². The van der Waals surface area contributed by atoms with Gasteiger partial charge in [-0.15, -0.1) is 0 Å². The summed E-state index contributed by atoms with van der Waals surface area (Å²) in [7, 11) is 0. The van der Waals surface area contributed by atoms with Crippen LogP contribution < -0.4 is 5.32 Å². The van der Waals surface area contributed by atoms with Crippen molar-refractivity contribution in [3.8, 4) is 0 Å². The molecule has 0 aromatic heterocycles. The van der Waals surface area contributed by atoms with Crippen LogP contribution in [0.3, 0.4) is 0 Å². The highest BCUT2D eigenvalue weighted by Gasteiger charge is 2.41. The molecular formula is C12H15Cl2NO. The van der Waals surface area contributed by atoms with Crippen LogP contribution >= 0.6 is 23.2 Å². The molecule has 0 heterocycles. The summed E-state index contributed by atoms with van der Waals surface area (Å²) in [6.45, 7) is 1.91. The molecule has 0 saturated heterocycles. The smallest absolute Gasteiger partial charge is 0.0595 e. The Morgan fingerprint density at radius 3 is 2.56 bits per heavy atom. The maximum Gasteiger partial charge on any atom is 0.0595 e. The van der Waals surface area contributed by atoms with E-state index < -0.39 is 0 Å². The largest absolute Gasteiger partial charge is 0.396 e. The highest BCUT2D eigenvalue weighted by atomic mass is 35.5. The SMILES string of the molecule is OCC1(CNCc2ccc(Cl)c(Cl)c2)CC1. The maximum absolute atomic E-state index is 9.16. The van der Waals surface area contributed by atoms with Crippen LogP contribution in [0, 0.1) is 5.41 Å². The van der Waals surface area contributed by atoms with Crippen molar-refractivity contribution in [3.63, 3.8) is 0 Å². The van der Waals surface area contributed by atoms with Crippen LogP contribution in [0.5, 0.6) is 0 Å². The second kappa shape index (κ2) is 4.92. The van der Waals surface area contributed by atoms with E-state index in [4.69, 9.17) is 28.3 Å². The van der Waals surface area contributed by atoms with E-state index in [0.29, 0.717) is 10.0 Å². The molecule has 2 rings (SSSR count). The first-order valence-electron chi connectivity index (χ1n) is 5.41. The fourth-order valence-electron chi connectivity index (χ4n) is 1.69. The Bertz CT molecular complexity index is 377. The van der Waals surface area contributed by atoms with E-state index in [1.807, 2.05) is 12.1 Å². The Kier molecular flexibility index (Phi) is 3.75. The summed E-state index contributed by atoms with van der Waals surface area (Å²) in [4.78, 5) is 0. The molecule has 1 aliphatic carbocycles. The quantitative estimate of drug-likeness (QED) is 0.853. The summed E-state index contributed by atoms with van der Waals surface area (Å²) < 4.78 is 0. The number of halogens is 2. The van der Waals surface area contributed by atoms with Crippen molar-refractivity contribution < 1.29 is 5.11 Å². The van der Waals surface area contributed by atoms with Crippen molar-refractivity contribution in [2.24, 2.45) is 5.41 Å². The molecule has 1 saturated carbocycles. The van der Waals surface area contributed by atoms with Gasteiger partial charge in [0.25, 0.3) is 0 Å². The molecular weight excluding hydrogens is 245 g/mol. The van der Waals surface area contributed by atoms with E-state index in [2.05, 4.69) is 5.32 Å². The first-order chi connectivity index (χ1) is 7.65. The van der Waals surface area contributed by atoms with Crippen LogP contribution in [0.4, 0.5) is 0 Å². The lowest BCUT2D eigenvalue weighted by Crippen LogP contribution is -2.26. The minimum absolute atomic E-state index is 0.149. The maximum atomic E-state index is 9.16. The number of aliphatic hydroxyl groups is 1. The van der Waals surface area contributed by atoms with Crippen molar-refractivity contribution in [2.45, 2.75) is 19.4 Å². The Morgan fingerprint density at radius 2 is 2.00 bits per heavy atom. The third kappa shape index (κ3) is 2.89. The fourth-order valence-corrected chi connectivity index (χ4v) is 2.01. The van der Waals surface area contributed by atoms with E-state index in [1.165, 1.54) is 0 Å². The lowest BCUT2D eigenvalue weighted by Gasteiger charge is -2.12. The summed E-state index contributed by atoms with van der Waals surface area (Å²) >= 11 is 11.8. The van der Waals surface area contributed by atoms with Crippen molar-refractivity contribution in [1.82, 2.24) is 5.32 Å². The molecule has 0 aliphatic heterocycles. The number of benzene rings is 1. The monoisotopic (exact) mass is 259 g/mol. The summed E-state index contributed by atoms with van der Waals surface area (Å²) in [5.74, 6) is 0. The van der Waals surface area contributed by atoms with Gasteiger partial charge in [0, 0.05) is 25.1 Å². The Balaban J connectivity index is 1.83. The van der Waals surface area contributed by atoms with Crippen molar-refractivity contribution >= 4 is 23.2 Å². The number of nitrogens with one attached hydrogen (secondary N) is 1. The van der Waals surface area contributed by atoms with Gasteiger partial charge < -0.3 is 10.4 Å². The first kappa shape index (κ1) is 12.2. The molecule has 1 aromatic rings. The molecule has 1 aliphatic rings. The number of aliphatic hydroxyl groups excluding tert-OH is 1. The Labute approximate surface area is 106 Å². The molecule has 4 heteroatoms. The summed E-state index contributed by atoms with van der Waals surface area (Å²) in [6, 6.07) is 5.63. The third-order valence-corrected chi connectivity index (χ3v) is 3.84. The van der Waals surface area contributed by atoms with Crippen molar-refractivity contribution in [2.75, 3.05) is 13.2 Å². The van der Waals surface area contributed by atoms with Crippen LogP contribution in [0.25, 0.3) is 0 Å². The Hall–Kier alpha value is -0.280. The topological polar surface area (TPSA) is 32.3 Å². The van der Waals surface area contributed by atoms with Gasteiger partial charge in [-0.2, -0.15) is 0 Å². The van der Waals surface area contributed by atoms with Crippen LogP contribution in [-0.2, 0) is 6.54 Å². The summed E-state index contributed by atoms with van der Waals surface area (Å²) in [6.07, 6.45) is 2.25. The summed E-state index contributed by atoms with van der Waals surface area (Å²) in [5.41, 5.74) is 1.26. The fraction of sp³-hybridized carbons (Fsp3) is 0.500. The highest BCUT2D eigenvalue weighted by Crippen LogP contribution is 2.44. The van der Waals surface area contributed by atoms with Gasteiger partial charge in [0.1, 0.15) is 0 Å². The highest BCUT2D eigenvalue weighted by molar-refractivity contribution is 6.42. The zero-order valence-electron chi connectivity index (χ0n) is 8.97. The van der Waals surface area contributed by atoms with E-state index in [9.17, 15) is 0 Å². The molecule has 0 spiro atoms. The van der Waals surface area contributed by atoms with Gasteiger partial charge in [0.05, 0.1) is 10.0 Å². The van der Waals surface area contributed by atoms with Gasteiger partial charge in [0.15, 0.2) is 0 Å². The molecule has 2 nitrogen and oxygen atoms in total. The zero-order valence-corrected chi connectivity index (χ0v) is 10.5.